The van der Waals surface area contributed by atoms with Gasteiger partial charge in [0.25, 0.3) is 0 Å². The van der Waals surface area contributed by atoms with Gasteiger partial charge in [-0.2, -0.15) is 4.98 Å². The smallest absolute Gasteiger partial charge is 0.231 e. The van der Waals surface area contributed by atoms with E-state index in [0.717, 1.165) is 18.7 Å². The minimum atomic E-state index is -0.123. The van der Waals surface area contributed by atoms with Crippen LogP contribution in [0.2, 0.25) is 0 Å². The first-order valence-corrected chi connectivity index (χ1v) is 8.00. The number of ether oxygens (including phenoxy) is 2. The molecule has 0 atom stereocenters. The van der Waals surface area contributed by atoms with Crippen LogP contribution in [0, 0.1) is 0 Å². The highest BCUT2D eigenvalue weighted by Gasteiger charge is 2.28. The molecular weight excluding hydrogens is 348 g/mol. The van der Waals surface area contributed by atoms with Crippen molar-refractivity contribution in [3.8, 4) is 11.5 Å². The zero-order valence-corrected chi connectivity index (χ0v) is 14.3. The molecule has 0 saturated heterocycles. The highest BCUT2D eigenvalue weighted by atomic mass is 35.5. The molecule has 1 saturated carbocycles. The van der Waals surface area contributed by atoms with E-state index in [1.807, 2.05) is 0 Å². The van der Waals surface area contributed by atoms with Gasteiger partial charge in [0.15, 0.2) is 17.3 Å². The van der Waals surface area contributed by atoms with Gasteiger partial charge in [-0.15, -0.1) is 12.4 Å². The summed E-state index contributed by atoms with van der Waals surface area (Å²) in [5, 5.41) is 6.75. The SMILES string of the molecule is Cl.Nc1cc2c(cc1NC(=O)CCCc1nc(C3CC3)no1)OCO2. The lowest BCUT2D eigenvalue weighted by Gasteiger charge is -2.09. The lowest BCUT2D eigenvalue weighted by atomic mass is 10.2. The third-order valence-electron chi connectivity index (χ3n) is 4.04. The molecule has 1 fully saturated rings. The maximum atomic E-state index is 12.1. The predicted octanol–water partition coefficient (Wildman–Crippen LogP) is 2.64. The number of anilines is 2. The first-order valence-electron chi connectivity index (χ1n) is 8.00. The molecule has 1 aromatic carbocycles. The number of nitrogen functional groups attached to an aromatic ring is 1. The summed E-state index contributed by atoms with van der Waals surface area (Å²) >= 11 is 0. The van der Waals surface area contributed by atoms with Crippen LogP contribution in [0.5, 0.6) is 11.5 Å². The molecule has 0 bridgehead atoms. The van der Waals surface area contributed by atoms with Crippen molar-refractivity contribution in [3.05, 3.63) is 23.8 Å². The highest BCUT2D eigenvalue weighted by Crippen LogP contribution is 2.39. The standard InChI is InChI=1S/C16H18N4O4.ClH/c17-10-6-12-13(23-8-22-12)7-11(10)18-14(21)2-1-3-15-19-16(20-24-15)9-4-5-9;/h6-7,9H,1-5,8,17H2,(H,18,21);1H. The normalized spacial score (nSPS) is 14.9. The molecule has 1 aromatic heterocycles. The summed E-state index contributed by atoms with van der Waals surface area (Å²) in [5.41, 5.74) is 6.88. The van der Waals surface area contributed by atoms with E-state index >= 15 is 0 Å². The molecule has 8 nitrogen and oxygen atoms in total. The van der Waals surface area contributed by atoms with E-state index in [0.29, 0.717) is 53.9 Å². The number of nitrogens with one attached hydrogen (secondary N) is 1. The second kappa shape index (κ2) is 7.18. The number of carbonyl (C=O) groups excluding carboxylic acids is 1. The zero-order valence-electron chi connectivity index (χ0n) is 13.5. The molecule has 134 valence electrons. The van der Waals surface area contributed by atoms with Gasteiger partial charge in [0, 0.05) is 30.9 Å². The fourth-order valence-corrected chi connectivity index (χ4v) is 2.56. The van der Waals surface area contributed by atoms with E-state index in [-0.39, 0.29) is 25.1 Å². The molecule has 25 heavy (non-hydrogen) atoms. The average molecular weight is 367 g/mol. The summed E-state index contributed by atoms with van der Waals surface area (Å²) in [6.45, 7) is 0.166. The Balaban J connectivity index is 0.00000182. The number of amides is 1. The molecule has 1 aliphatic carbocycles. The molecule has 0 radical (unpaired) electrons. The van der Waals surface area contributed by atoms with E-state index < -0.39 is 0 Å². The number of nitrogens with zero attached hydrogens (tertiary/aromatic N) is 2. The molecule has 2 aromatic rings. The molecule has 3 N–H and O–H groups in total. The van der Waals surface area contributed by atoms with E-state index in [1.165, 1.54) is 0 Å². The molecule has 0 spiro atoms. The number of halogens is 1. The number of hydrogen-bond acceptors (Lipinski definition) is 7. The predicted molar refractivity (Wildman–Crippen MR) is 92.1 cm³/mol. The Morgan fingerprint density at radius 3 is 2.80 bits per heavy atom. The van der Waals surface area contributed by atoms with Crippen LogP contribution in [-0.2, 0) is 11.2 Å². The molecular formula is C16H19ClN4O4. The summed E-state index contributed by atoms with van der Waals surface area (Å²) < 4.78 is 15.7. The van der Waals surface area contributed by atoms with Gasteiger partial charge >= 0.3 is 0 Å². The minimum absolute atomic E-state index is 0. The Bertz CT molecular complexity index is 775. The highest BCUT2D eigenvalue weighted by molar-refractivity contribution is 5.94. The lowest BCUT2D eigenvalue weighted by Crippen LogP contribution is -2.13. The number of aromatic nitrogens is 2. The van der Waals surface area contributed by atoms with Crippen LogP contribution in [0.25, 0.3) is 0 Å². The van der Waals surface area contributed by atoms with Gasteiger partial charge in [0.05, 0.1) is 11.4 Å². The van der Waals surface area contributed by atoms with Crippen LogP contribution in [0.4, 0.5) is 11.4 Å². The Kier molecular flexibility index (Phi) is 4.98. The maximum Gasteiger partial charge on any atom is 0.231 e. The van der Waals surface area contributed by atoms with Crippen molar-refractivity contribution >= 4 is 29.7 Å². The van der Waals surface area contributed by atoms with Gasteiger partial charge in [-0.3, -0.25) is 4.79 Å². The van der Waals surface area contributed by atoms with Crippen LogP contribution in [0.15, 0.2) is 16.7 Å². The van der Waals surface area contributed by atoms with Gasteiger partial charge in [0.1, 0.15) is 0 Å². The molecule has 0 unspecified atom stereocenters. The first kappa shape index (κ1) is 17.3. The Labute approximate surface area is 150 Å². The Morgan fingerprint density at radius 2 is 2.04 bits per heavy atom. The van der Waals surface area contributed by atoms with E-state index in [1.54, 1.807) is 12.1 Å². The van der Waals surface area contributed by atoms with Crippen LogP contribution < -0.4 is 20.5 Å². The molecule has 1 amide bonds. The summed E-state index contributed by atoms with van der Waals surface area (Å²) in [6.07, 6.45) is 3.83. The number of aryl methyl sites for hydroxylation is 1. The minimum Gasteiger partial charge on any atom is -0.454 e. The topological polar surface area (TPSA) is 112 Å². The van der Waals surface area contributed by atoms with Gasteiger partial charge < -0.3 is 25.0 Å². The second-order valence-corrected chi connectivity index (χ2v) is 6.02. The maximum absolute atomic E-state index is 12.1. The molecule has 9 heteroatoms. The number of hydrogen-bond donors (Lipinski definition) is 2. The van der Waals surface area contributed by atoms with Crippen molar-refractivity contribution in [2.45, 2.75) is 38.0 Å². The first-order chi connectivity index (χ1) is 11.7. The Hall–Kier alpha value is -2.48. The Morgan fingerprint density at radius 1 is 1.28 bits per heavy atom. The summed E-state index contributed by atoms with van der Waals surface area (Å²) in [5.74, 6) is 2.91. The van der Waals surface area contributed by atoms with Crippen LogP contribution >= 0.6 is 12.4 Å². The van der Waals surface area contributed by atoms with Gasteiger partial charge in [-0.05, 0) is 19.3 Å². The van der Waals surface area contributed by atoms with Crippen molar-refractivity contribution < 1.29 is 18.8 Å². The van der Waals surface area contributed by atoms with Gasteiger partial charge in [-0.25, -0.2) is 0 Å². The van der Waals surface area contributed by atoms with E-state index in [9.17, 15) is 4.79 Å². The van der Waals surface area contributed by atoms with Crippen LogP contribution in [-0.4, -0.2) is 22.8 Å². The third-order valence-corrected chi connectivity index (χ3v) is 4.04. The number of rotatable bonds is 6. The fourth-order valence-electron chi connectivity index (χ4n) is 2.56. The summed E-state index contributed by atoms with van der Waals surface area (Å²) in [6, 6.07) is 3.32. The summed E-state index contributed by atoms with van der Waals surface area (Å²) in [4.78, 5) is 16.4. The summed E-state index contributed by atoms with van der Waals surface area (Å²) in [7, 11) is 0. The monoisotopic (exact) mass is 366 g/mol. The number of fused-ring (bicyclic) bond motifs is 1. The number of carbonyl (C=O) groups is 1. The van der Waals surface area contributed by atoms with Crippen molar-refractivity contribution in [3.63, 3.8) is 0 Å². The number of benzene rings is 1. The van der Waals surface area contributed by atoms with Crippen molar-refractivity contribution in [2.24, 2.45) is 0 Å². The fraction of sp³-hybridized carbons (Fsp3) is 0.438. The molecule has 2 heterocycles. The van der Waals surface area contributed by atoms with E-state index in [4.69, 9.17) is 19.7 Å². The van der Waals surface area contributed by atoms with Gasteiger partial charge in [-0.1, -0.05) is 5.16 Å². The largest absolute Gasteiger partial charge is 0.454 e. The molecule has 2 aliphatic rings. The quantitative estimate of drug-likeness (QED) is 0.755. The van der Waals surface area contributed by atoms with E-state index in [2.05, 4.69) is 15.5 Å². The lowest BCUT2D eigenvalue weighted by molar-refractivity contribution is -0.116. The number of nitrogens with two attached hydrogens (primary N) is 1. The van der Waals surface area contributed by atoms with Crippen LogP contribution in [0.1, 0.15) is 43.3 Å². The average Bonchev–Trinajstić information content (AvgIpc) is 3.13. The third kappa shape index (κ3) is 3.96. The van der Waals surface area contributed by atoms with Crippen molar-refractivity contribution in [2.75, 3.05) is 17.8 Å². The zero-order chi connectivity index (χ0) is 16.5. The molecule has 1 aliphatic heterocycles. The molecule has 4 rings (SSSR count). The van der Waals surface area contributed by atoms with Crippen molar-refractivity contribution in [1.29, 1.82) is 0 Å². The van der Waals surface area contributed by atoms with Gasteiger partial charge in [0.2, 0.25) is 18.6 Å². The van der Waals surface area contributed by atoms with Crippen molar-refractivity contribution in [1.82, 2.24) is 10.1 Å². The second-order valence-electron chi connectivity index (χ2n) is 6.02. The van der Waals surface area contributed by atoms with Crippen LogP contribution in [0.3, 0.4) is 0 Å².